The third-order valence-electron chi connectivity index (χ3n) is 3.79. The van der Waals surface area contributed by atoms with Crippen molar-refractivity contribution in [2.24, 2.45) is 0 Å². The lowest BCUT2D eigenvalue weighted by atomic mass is 10.1. The molecule has 26 heavy (non-hydrogen) atoms. The number of thiazole rings is 1. The molecule has 0 saturated carbocycles. The quantitative estimate of drug-likeness (QED) is 0.699. The summed E-state index contributed by atoms with van der Waals surface area (Å²) in [5.74, 6) is 0.145. The average Bonchev–Trinajstić information content (AvgIpc) is 3.06. The number of rotatable bonds is 5. The molecular formula is C18H17ClN4O2S. The molecule has 8 heteroatoms. The van der Waals surface area contributed by atoms with Gasteiger partial charge in [-0.1, -0.05) is 11.6 Å². The number of aliphatic hydroxyl groups excluding tert-OH is 1. The van der Waals surface area contributed by atoms with E-state index in [9.17, 15) is 9.90 Å². The van der Waals surface area contributed by atoms with Crippen molar-refractivity contribution in [1.29, 1.82) is 0 Å². The molecule has 2 aromatic heterocycles. The molecule has 3 rings (SSSR count). The number of hydrogen-bond acceptors (Lipinski definition) is 6. The normalized spacial score (nSPS) is 12.0. The monoisotopic (exact) mass is 388 g/mol. The van der Waals surface area contributed by atoms with Gasteiger partial charge in [-0.05, 0) is 37.6 Å². The highest BCUT2D eigenvalue weighted by Crippen LogP contribution is 2.24. The van der Waals surface area contributed by atoms with Crippen molar-refractivity contribution in [2.75, 3.05) is 6.54 Å². The summed E-state index contributed by atoms with van der Waals surface area (Å²) in [6, 6.07) is 5.05. The molecule has 1 amide bonds. The van der Waals surface area contributed by atoms with E-state index >= 15 is 0 Å². The Hall–Kier alpha value is -2.35. The van der Waals surface area contributed by atoms with Crippen LogP contribution in [-0.4, -0.2) is 32.5 Å². The van der Waals surface area contributed by atoms with Crippen LogP contribution in [0.25, 0.3) is 11.4 Å². The molecule has 134 valence electrons. The van der Waals surface area contributed by atoms with Gasteiger partial charge in [0, 0.05) is 24.5 Å². The molecule has 3 aromatic rings. The number of carbonyl (C=O) groups excluding carboxylic acids is 1. The van der Waals surface area contributed by atoms with E-state index in [1.54, 1.807) is 36.1 Å². The molecule has 6 nitrogen and oxygen atoms in total. The number of benzene rings is 1. The highest BCUT2D eigenvalue weighted by atomic mass is 35.5. The average molecular weight is 389 g/mol. The van der Waals surface area contributed by atoms with E-state index in [0.717, 1.165) is 16.1 Å². The molecule has 2 heterocycles. The standard InChI is InChI=1S/C18H17ClN4O2S/c1-10-6-20-17(21-7-10)12-3-4-14(19)13(5-12)18(25)22-8-15(24)16-11(2)23-9-26-16/h3-7,9,15,24H,8H2,1-2H3,(H,22,25). The predicted octanol–water partition coefficient (Wildman–Crippen LogP) is 3.33. The van der Waals surface area contributed by atoms with Crippen molar-refractivity contribution in [3.05, 3.63) is 62.8 Å². The van der Waals surface area contributed by atoms with E-state index in [1.807, 2.05) is 13.8 Å². The molecule has 0 fully saturated rings. The smallest absolute Gasteiger partial charge is 0.252 e. The molecule has 0 aliphatic heterocycles. The fourth-order valence-electron chi connectivity index (χ4n) is 2.39. The predicted molar refractivity (Wildman–Crippen MR) is 101 cm³/mol. The van der Waals surface area contributed by atoms with Gasteiger partial charge in [-0.15, -0.1) is 11.3 Å². The maximum absolute atomic E-state index is 12.5. The van der Waals surface area contributed by atoms with Crippen molar-refractivity contribution >= 4 is 28.8 Å². The lowest BCUT2D eigenvalue weighted by molar-refractivity contribution is 0.0917. The van der Waals surface area contributed by atoms with Gasteiger partial charge in [0.05, 0.1) is 26.7 Å². The summed E-state index contributed by atoms with van der Waals surface area (Å²) in [6.45, 7) is 3.79. The van der Waals surface area contributed by atoms with Crippen molar-refractivity contribution in [1.82, 2.24) is 20.3 Å². The summed E-state index contributed by atoms with van der Waals surface area (Å²) in [6.07, 6.45) is 2.61. The molecule has 2 N–H and O–H groups in total. The first-order valence-corrected chi connectivity index (χ1v) is 9.16. The van der Waals surface area contributed by atoms with Crippen molar-refractivity contribution in [3.8, 4) is 11.4 Å². The zero-order valence-electron chi connectivity index (χ0n) is 14.2. The van der Waals surface area contributed by atoms with Gasteiger partial charge in [-0.2, -0.15) is 0 Å². The van der Waals surface area contributed by atoms with E-state index < -0.39 is 6.10 Å². The van der Waals surface area contributed by atoms with Gasteiger partial charge in [0.2, 0.25) is 0 Å². The van der Waals surface area contributed by atoms with Crippen molar-refractivity contribution < 1.29 is 9.90 Å². The molecule has 0 saturated heterocycles. The Morgan fingerprint density at radius 1 is 1.27 bits per heavy atom. The minimum absolute atomic E-state index is 0.0729. The van der Waals surface area contributed by atoms with Crippen LogP contribution >= 0.6 is 22.9 Å². The number of amides is 1. The highest BCUT2D eigenvalue weighted by molar-refractivity contribution is 7.09. The molecule has 1 aromatic carbocycles. The summed E-state index contributed by atoms with van der Waals surface area (Å²) >= 11 is 7.53. The summed E-state index contributed by atoms with van der Waals surface area (Å²) < 4.78 is 0. The first kappa shape index (κ1) is 18.4. The number of halogens is 1. The Kier molecular flexibility index (Phi) is 5.61. The fourth-order valence-corrected chi connectivity index (χ4v) is 3.38. The molecule has 0 radical (unpaired) electrons. The first-order valence-electron chi connectivity index (χ1n) is 7.90. The zero-order valence-corrected chi connectivity index (χ0v) is 15.8. The summed E-state index contributed by atoms with van der Waals surface area (Å²) in [7, 11) is 0. The lowest BCUT2D eigenvalue weighted by Gasteiger charge is -2.12. The molecule has 0 aliphatic rings. The number of hydrogen-bond donors (Lipinski definition) is 2. The van der Waals surface area contributed by atoms with E-state index in [0.29, 0.717) is 22.0 Å². The maximum atomic E-state index is 12.5. The minimum atomic E-state index is -0.811. The van der Waals surface area contributed by atoms with Gasteiger partial charge < -0.3 is 10.4 Å². The van der Waals surface area contributed by atoms with Gasteiger partial charge >= 0.3 is 0 Å². The zero-order chi connectivity index (χ0) is 18.7. The van der Waals surface area contributed by atoms with E-state index in [2.05, 4.69) is 20.3 Å². The number of aryl methyl sites for hydroxylation is 2. The minimum Gasteiger partial charge on any atom is -0.386 e. The van der Waals surface area contributed by atoms with Crippen LogP contribution in [0.2, 0.25) is 5.02 Å². The van der Waals surface area contributed by atoms with Crippen LogP contribution in [0.5, 0.6) is 0 Å². The van der Waals surface area contributed by atoms with Crippen LogP contribution in [0.4, 0.5) is 0 Å². The van der Waals surface area contributed by atoms with E-state index in [4.69, 9.17) is 11.6 Å². The Bertz CT molecular complexity index is 927. The van der Waals surface area contributed by atoms with Gasteiger partial charge in [0.25, 0.3) is 5.91 Å². The molecule has 0 spiro atoms. The van der Waals surface area contributed by atoms with E-state index in [-0.39, 0.29) is 12.5 Å². The first-order chi connectivity index (χ1) is 12.5. The van der Waals surface area contributed by atoms with Crippen LogP contribution in [0.15, 0.2) is 36.1 Å². The van der Waals surface area contributed by atoms with Crippen LogP contribution in [0.3, 0.4) is 0 Å². The number of aromatic nitrogens is 3. The third kappa shape index (κ3) is 4.07. The largest absolute Gasteiger partial charge is 0.386 e. The van der Waals surface area contributed by atoms with Crippen LogP contribution in [0, 0.1) is 13.8 Å². The SMILES string of the molecule is Cc1cnc(-c2ccc(Cl)c(C(=O)NCC(O)c3scnc3C)c2)nc1. The number of nitrogens with one attached hydrogen (secondary N) is 1. The second kappa shape index (κ2) is 7.90. The van der Waals surface area contributed by atoms with Gasteiger partial charge in [-0.3, -0.25) is 4.79 Å². The Labute approximate surface area is 159 Å². The number of nitrogens with zero attached hydrogens (tertiary/aromatic N) is 3. The molecular weight excluding hydrogens is 372 g/mol. The van der Waals surface area contributed by atoms with E-state index in [1.165, 1.54) is 11.3 Å². The van der Waals surface area contributed by atoms with Crippen LogP contribution in [0.1, 0.15) is 32.6 Å². The molecule has 0 bridgehead atoms. The summed E-state index contributed by atoms with van der Waals surface area (Å²) in [4.78, 5) is 25.9. The summed E-state index contributed by atoms with van der Waals surface area (Å²) in [5, 5.41) is 13.2. The number of aliphatic hydroxyl groups is 1. The maximum Gasteiger partial charge on any atom is 0.252 e. The second-order valence-corrected chi connectivity index (χ2v) is 7.10. The Morgan fingerprint density at radius 2 is 2.00 bits per heavy atom. The summed E-state index contributed by atoms with van der Waals surface area (Å²) in [5.41, 5.74) is 4.37. The fraction of sp³-hybridized carbons (Fsp3) is 0.222. The molecule has 1 unspecified atom stereocenters. The van der Waals surface area contributed by atoms with Crippen LogP contribution in [-0.2, 0) is 0 Å². The second-order valence-electron chi connectivity index (χ2n) is 5.81. The van der Waals surface area contributed by atoms with Gasteiger partial charge in [0.15, 0.2) is 5.82 Å². The lowest BCUT2D eigenvalue weighted by Crippen LogP contribution is -2.28. The van der Waals surface area contributed by atoms with Crippen molar-refractivity contribution in [3.63, 3.8) is 0 Å². The van der Waals surface area contributed by atoms with Crippen LogP contribution < -0.4 is 5.32 Å². The molecule has 0 aliphatic carbocycles. The van der Waals surface area contributed by atoms with Gasteiger partial charge in [0.1, 0.15) is 6.10 Å². The highest BCUT2D eigenvalue weighted by Gasteiger charge is 2.17. The topological polar surface area (TPSA) is 88.0 Å². The van der Waals surface area contributed by atoms with Gasteiger partial charge in [-0.25, -0.2) is 15.0 Å². The molecule has 1 atom stereocenters. The number of carbonyl (C=O) groups is 1. The Balaban J connectivity index is 1.75. The Morgan fingerprint density at radius 3 is 2.65 bits per heavy atom. The third-order valence-corrected chi connectivity index (χ3v) is 5.15. The van der Waals surface area contributed by atoms with Crippen molar-refractivity contribution in [2.45, 2.75) is 20.0 Å².